The minimum Gasteiger partial charge on any atom is -0.428 e. The molecule has 0 spiro atoms. The summed E-state index contributed by atoms with van der Waals surface area (Å²) in [6, 6.07) is 11.4. The van der Waals surface area contributed by atoms with Gasteiger partial charge in [0.05, 0.1) is 6.20 Å². The van der Waals surface area contributed by atoms with Crippen LogP contribution in [0.25, 0.3) is 11.3 Å². The average Bonchev–Trinajstić information content (AvgIpc) is 2.67. The van der Waals surface area contributed by atoms with Crippen LogP contribution in [0.3, 0.4) is 0 Å². The first-order chi connectivity index (χ1) is 6.40. The highest BCUT2D eigenvalue weighted by molar-refractivity contribution is 5.56. The molecule has 0 aliphatic heterocycles. The third-order valence-corrected chi connectivity index (χ3v) is 1.66. The van der Waals surface area contributed by atoms with E-state index in [0.717, 1.165) is 5.56 Å². The Kier molecular flexibility index (Phi) is 1.81. The van der Waals surface area contributed by atoms with Crippen molar-refractivity contribution in [2.45, 2.75) is 0 Å². The molecular weight excluding hydrogens is 164 g/mol. The van der Waals surface area contributed by atoms with Crippen LogP contribution in [0.5, 0.6) is 0 Å². The Balaban J connectivity index is 2.43. The van der Waals surface area contributed by atoms with Crippen molar-refractivity contribution >= 4 is 0 Å². The van der Waals surface area contributed by atoms with Crippen molar-refractivity contribution in [3.63, 3.8) is 0 Å². The number of hydrogen-bond acceptors (Lipinski definition) is 3. The second-order valence-electron chi connectivity index (χ2n) is 2.51. The molecule has 62 valence electrons. The molecule has 1 aromatic carbocycles. The van der Waals surface area contributed by atoms with Gasteiger partial charge in [0.25, 0.3) is 0 Å². The van der Waals surface area contributed by atoms with Gasteiger partial charge in [0.2, 0.25) is 0 Å². The topological polar surface area (TPSA) is 49.8 Å². The van der Waals surface area contributed by atoms with E-state index in [9.17, 15) is 0 Å². The van der Waals surface area contributed by atoms with Gasteiger partial charge in [-0.05, 0) is 0 Å². The lowest BCUT2D eigenvalue weighted by molar-refractivity contribution is 0.555. The zero-order chi connectivity index (χ0) is 9.10. The minimum atomic E-state index is 0.0962. The van der Waals surface area contributed by atoms with Gasteiger partial charge in [-0.25, -0.2) is 4.98 Å². The smallest absolute Gasteiger partial charge is 0.301 e. The normalized spacial score (nSPS) is 9.46. The van der Waals surface area contributed by atoms with E-state index < -0.39 is 0 Å². The molecule has 0 N–H and O–H groups in total. The fourth-order valence-corrected chi connectivity index (χ4v) is 1.06. The zero-order valence-corrected chi connectivity index (χ0v) is 6.77. The molecule has 0 fully saturated rings. The number of nitrogens with zero attached hydrogens (tertiary/aromatic N) is 2. The van der Waals surface area contributed by atoms with E-state index in [0.29, 0.717) is 5.76 Å². The third-order valence-electron chi connectivity index (χ3n) is 1.66. The van der Waals surface area contributed by atoms with Gasteiger partial charge in [0.15, 0.2) is 11.8 Å². The van der Waals surface area contributed by atoms with Gasteiger partial charge in [0, 0.05) is 5.56 Å². The first-order valence-electron chi connectivity index (χ1n) is 3.81. The summed E-state index contributed by atoms with van der Waals surface area (Å²) < 4.78 is 5.15. The SMILES string of the molecule is N#Cc1ncc(-c2ccccc2)o1. The standard InChI is InChI=1S/C10H6N2O/c11-6-10-12-7-9(13-10)8-4-2-1-3-5-8/h1-5,7H. The van der Waals surface area contributed by atoms with Gasteiger partial charge in [-0.15, -0.1) is 0 Å². The molecule has 1 aromatic heterocycles. The molecule has 2 aromatic rings. The van der Waals surface area contributed by atoms with E-state index in [1.165, 1.54) is 0 Å². The van der Waals surface area contributed by atoms with Crippen LogP contribution >= 0.6 is 0 Å². The monoisotopic (exact) mass is 170 g/mol. The number of nitriles is 1. The van der Waals surface area contributed by atoms with E-state index in [1.807, 2.05) is 36.4 Å². The van der Waals surface area contributed by atoms with Crippen molar-refractivity contribution in [1.29, 1.82) is 5.26 Å². The Morgan fingerprint density at radius 3 is 2.62 bits per heavy atom. The molecule has 3 nitrogen and oxygen atoms in total. The Hall–Kier alpha value is -2.08. The summed E-state index contributed by atoms with van der Waals surface area (Å²) in [6.07, 6.45) is 1.55. The van der Waals surface area contributed by atoms with Gasteiger partial charge >= 0.3 is 5.89 Å². The Morgan fingerprint density at radius 1 is 1.23 bits per heavy atom. The first-order valence-corrected chi connectivity index (χ1v) is 3.81. The van der Waals surface area contributed by atoms with Crippen LogP contribution < -0.4 is 0 Å². The fraction of sp³-hybridized carbons (Fsp3) is 0. The molecule has 0 aliphatic carbocycles. The molecule has 0 amide bonds. The predicted molar refractivity (Wildman–Crippen MR) is 46.7 cm³/mol. The molecule has 2 rings (SSSR count). The maximum Gasteiger partial charge on any atom is 0.301 e. The van der Waals surface area contributed by atoms with E-state index in [4.69, 9.17) is 9.68 Å². The van der Waals surface area contributed by atoms with Crippen molar-refractivity contribution in [2.75, 3.05) is 0 Å². The molecule has 13 heavy (non-hydrogen) atoms. The summed E-state index contributed by atoms with van der Waals surface area (Å²) in [5, 5.41) is 8.49. The molecule has 0 aliphatic rings. The highest BCUT2D eigenvalue weighted by atomic mass is 16.4. The maximum absolute atomic E-state index is 8.49. The summed E-state index contributed by atoms with van der Waals surface area (Å²) in [4.78, 5) is 3.78. The average molecular weight is 170 g/mol. The highest BCUT2D eigenvalue weighted by Crippen LogP contribution is 2.18. The molecule has 0 radical (unpaired) electrons. The fourth-order valence-electron chi connectivity index (χ4n) is 1.06. The van der Waals surface area contributed by atoms with Crippen LogP contribution in [-0.2, 0) is 0 Å². The van der Waals surface area contributed by atoms with Crippen molar-refractivity contribution in [2.24, 2.45) is 0 Å². The molecule has 0 saturated carbocycles. The Labute approximate surface area is 75.3 Å². The minimum absolute atomic E-state index is 0.0962. The molecule has 0 atom stereocenters. The number of aromatic nitrogens is 1. The maximum atomic E-state index is 8.49. The van der Waals surface area contributed by atoms with Gasteiger partial charge < -0.3 is 4.42 Å². The largest absolute Gasteiger partial charge is 0.428 e. The summed E-state index contributed by atoms with van der Waals surface area (Å²) >= 11 is 0. The lowest BCUT2D eigenvalue weighted by Gasteiger charge is -1.91. The quantitative estimate of drug-likeness (QED) is 0.659. The molecule has 3 heteroatoms. The molecule has 0 bridgehead atoms. The molecule has 0 saturated heterocycles. The van der Waals surface area contributed by atoms with E-state index in [1.54, 1.807) is 6.20 Å². The van der Waals surface area contributed by atoms with Crippen molar-refractivity contribution in [3.05, 3.63) is 42.4 Å². The number of oxazole rings is 1. The Bertz CT molecular complexity index is 439. The molecule has 0 unspecified atom stereocenters. The van der Waals surface area contributed by atoms with Crippen LogP contribution in [0.15, 0.2) is 40.9 Å². The summed E-state index contributed by atoms with van der Waals surface area (Å²) in [5.41, 5.74) is 0.927. The van der Waals surface area contributed by atoms with E-state index in [-0.39, 0.29) is 5.89 Å². The van der Waals surface area contributed by atoms with Crippen molar-refractivity contribution in [3.8, 4) is 17.4 Å². The number of benzene rings is 1. The predicted octanol–water partition coefficient (Wildman–Crippen LogP) is 2.21. The van der Waals surface area contributed by atoms with Gasteiger partial charge in [-0.3, -0.25) is 0 Å². The van der Waals surface area contributed by atoms with Gasteiger partial charge in [0.1, 0.15) is 0 Å². The zero-order valence-electron chi connectivity index (χ0n) is 6.77. The summed E-state index contributed by atoms with van der Waals surface area (Å²) in [5.74, 6) is 0.719. The lowest BCUT2D eigenvalue weighted by Crippen LogP contribution is -1.70. The van der Waals surface area contributed by atoms with Crippen LogP contribution in [0, 0.1) is 11.3 Å². The van der Waals surface area contributed by atoms with Crippen LogP contribution in [0.2, 0.25) is 0 Å². The lowest BCUT2D eigenvalue weighted by atomic mass is 10.2. The Morgan fingerprint density at radius 2 is 2.00 bits per heavy atom. The number of hydrogen-bond donors (Lipinski definition) is 0. The van der Waals surface area contributed by atoms with E-state index in [2.05, 4.69) is 4.98 Å². The first kappa shape index (κ1) is 7.56. The number of rotatable bonds is 1. The summed E-state index contributed by atoms with van der Waals surface area (Å²) in [6.45, 7) is 0. The summed E-state index contributed by atoms with van der Waals surface area (Å²) in [7, 11) is 0. The van der Waals surface area contributed by atoms with Gasteiger partial charge in [-0.2, -0.15) is 5.26 Å². The molecular formula is C10H6N2O. The third kappa shape index (κ3) is 1.42. The van der Waals surface area contributed by atoms with Crippen molar-refractivity contribution in [1.82, 2.24) is 4.98 Å². The van der Waals surface area contributed by atoms with Gasteiger partial charge in [-0.1, -0.05) is 30.3 Å². The van der Waals surface area contributed by atoms with Crippen LogP contribution in [-0.4, -0.2) is 4.98 Å². The second-order valence-corrected chi connectivity index (χ2v) is 2.51. The molecule has 1 heterocycles. The second kappa shape index (κ2) is 3.11. The van der Waals surface area contributed by atoms with Crippen LogP contribution in [0.1, 0.15) is 5.89 Å². The highest BCUT2D eigenvalue weighted by Gasteiger charge is 2.03. The van der Waals surface area contributed by atoms with E-state index >= 15 is 0 Å². The van der Waals surface area contributed by atoms with Crippen molar-refractivity contribution < 1.29 is 4.42 Å². The van der Waals surface area contributed by atoms with Crippen LogP contribution in [0.4, 0.5) is 0 Å².